The monoisotopic (exact) mass is 832 g/mol. The molecule has 4 amide bonds. The van der Waals surface area contributed by atoms with Crippen LogP contribution < -0.4 is 30.5 Å². The average molecular weight is 833 g/mol. The first kappa shape index (κ1) is 43.0. The summed E-state index contributed by atoms with van der Waals surface area (Å²) in [6.45, 7) is 12.1. The van der Waals surface area contributed by atoms with Gasteiger partial charge in [-0.3, -0.25) is 39.2 Å². The van der Waals surface area contributed by atoms with E-state index in [9.17, 15) is 37.6 Å². The van der Waals surface area contributed by atoms with E-state index in [1.54, 1.807) is 55.1 Å². The maximum Gasteiger partial charge on any atom is 0.417 e. The van der Waals surface area contributed by atoms with E-state index in [4.69, 9.17) is 17.0 Å². The molecule has 3 aliphatic heterocycles. The van der Waals surface area contributed by atoms with Gasteiger partial charge in [-0.15, -0.1) is 0 Å². The molecule has 312 valence electrons. The molecule has 3 aromatic carbocycles. The fourth-order valence-corrected chi connectivity index (χ4v) is 8.43. The molecule has 59 heavy (non-hydrogen) atoms. The molecule has 3 N–H and O–H groups in total. The Kier molecular flexibility index (Phi) is 12.6. The Hall–Kier alpha value is -5.57. The van der Waals surface area contributed by atoms with Crippen LogP contribution in [0.5, 0.6) is 5.75 Å². The summed E-state index contributed by atoms with van der Waals surface area (Å²) in [7, 11) is 0. The van der Waals surface area contributed by atoms with Gasteiger partial charge in [-0.05, 0) is 113 Å². The number of nitriles is 1. The molecule has 0 saturated carbocycles. The molecule has 3 saturated heterocycles. The molecular weight excluding hydrogens is 786 g/mol. The van der Waals surface area contributed by atoms with Gasteiger partial charge in [0.2, 0.25) is 17.7 Å². The summed E-state index contributed by atoms with van der Waals surface area (Å²) >= 11 is 5.72. The van der Waals surface area contributed by atoms with Crippen LogP contribution in [0.2, 0.25) is 0 Å². The van der Waals surface area contributed by atoms with E-state index >= 15 is 0 Å². The summed E-state index contributed by atoms with van der Waals surface area (Å²) in [4.78, 5) is 57.7. The summed E-state index contributed by atoms with van der Waals surface area (Å²) in [6.07, 6.45) is -3.54. The molecule has 0 radical (unpaired) electrons. The van der Waals surface area contributed by atoms with Crippen molar-refractivity contribution < 1.29 is 37.1 Å². The molecule has 3 heterocycles. The van der Waals surface area contributed by atoms with E-state index in [0.29, 0.717) is 48.8 Å². The molecule has 0 spiro atoms. The van der Waals surface area contributed by atoms with Crippen molar-refractivity contribution in [3.8, 4) is 11.8 Å². The van der Waals surface area contributed by atoms with E-state index < -0.39 is 34.8 Å². The number of amides is 4. The second kappa shape index (κ2) is 17.3. The Bertz CT molecular complexity index is 2180. The van der Waals surface area contributed by atoms with Gasteiger partial charge in [-0.25, -0.2) is 0 Å². The molecule has 17 heteroatoms. The highest BCUT2D eigenvalue weighted by Crippen LogP contribution is 2.40. The summed E-state index contributed by atoms with van der Waals surface area (Å²) in [5.41, 5.74) is -0.290. The molecule has 3 atom stereocenters. The summed E-state index contributed by atoms with van der Waals surface area (Å²) in [5, 5.41) is 17.7. The van der Waals surface area contributed by atoms with Crippen LogP contribution in [0, 0.1) is 11.3 Å². The smallest absolute Gasteiger partial charge is 0.417 e. The highest BCUT2D eigenvalue weighted by atomic mass is 32.1. The Morgan fingerprint density at radius 1 is 1.02 bits per heavy atom. The number of thiocarbonyl (C=S) groups is 1. The van der Waals surface area contributed by atoms with Gasteiger partial charge >= 0.3 is 6.18 Å². The number of anilines is 4. The van der Waals surface area contributed by atoms with E-state index in [1.165, 1.54) is 6.07 Å². The zero-order valence-electron chi connectivity index (χ0n) is 33.5. The topological polar surface area (TPSA) is 150 Å². The minimum atomic E-state index is -4.80. The van der Waals surface area contributed by atoms with Gasteiger partial charge in [-0.1, -0.05) is 13.0 Å². The standard InChI is InChI=1S/C42H47F3N8O5S/c1-6-27-18-32(53-40(59)52(39(57)41(53,4)5)31-11-10-28(21-46)33(20-31)42(43,44)45)12-14-35(27)58-17-16-50-22-25(2)51(26(3)23-50)24-37(55)48-30-9-7-8-29(19-30)47-34-13-15-36(54)49-38(34)56/h7-12,14,18-20,25-26,34,47H,6,13,15-17,22-24H2,1-5H3,(H,48,55)(H,49,54,56)/t25-,26+,34-/m1/s1. The highest BCUT2D eigenvalue weighted by Gasteiger charge is 2.51. The first-order chi connectivity index (χ1) is 27.9. The normalized spacial score (nSPS) is 21.3. The first-order valence-electron chi connectivity index (χ1n) is 19.4. The van der Waals surface area contributed by atoms with Crippen molar-refractivity contribution in [3.05, 3.63) is 77.4 Å². The van der Waals surface area contributed by atoms with Gasteiger partial charge in [0, 0.05) is 55.2 Å². The van der Waals surface area contributed by atoms with Crippen molar-refractivity contribution in [2.45, 2.75) is 83.7 Å². The number of benzene rings is 3. The average Bonchev–Trinajstić information content (AvgIpc) is 3.35. The van der Waals surface area contributed by atoms with Gasteiger partial charge in [0.05, 0.1) is 29.4 Å². The second-order valence-electron chi connectivity index (χ2n) is 15.6. The number of nitrogens with zero attached hydrogens (tertiary/aromatic N) is 5. The molecule has 0 aromatic heterocycles. The summed E-state index contributed by atoms with van der Waals surface area (Å²) in [6, 6.07) is 16.9. The third-order valence-electron chi connectivity index (χ3n) is 10.9. The quantitative estimate of drug-likeness (QED) is 0.153. The van der Waals surface area contributed by atoms with Crippen molar-refractivity contribution in [1.82, 2.24) is 15.1 Å². The lowest BCUT2D eigenvalue weighted by Crippen LogP contribution is -2.58. The van der Waals surface area contributed by atoms with E-state index in [1.807, 2.05) is 19.1 Å². The lowest BCUT2D eigenvalue weighted by molar-refractivity contribution is -0.138. The minimum absolute atomic E-state index is 0.0157. The third-order valence-corrected chi connectivity index (χ3v) is 11.3. The van der Waals surface area contributed by atoms with Crippen LogP contribution in [0.1, 0.15) is 64.2 Å². The highest BCUT2D eigenvalue weighted by molar-refractivity contribution is 7.81. The minimum Gasteiger partial charge on any atom is -0.492 e. The van der Waals surface area contributed by atoms with Crippen molar-refractivity contribution in [3.63, 3.8) is 0 Å². The predicted octanol–water partition coefficient (Wildman–Crippen LogP) is 5.69. The van der Waals surface area contributed by atoms with E-state index in [2.05, 4.69) is 39.6 Å². The fourth-order valence-electron chi connectivity index (χ4n) is 7.91. The fraction of sp³-hybridized carbons (Fsp3) is 0.429. The van der Waals surface area contributed by atoms with Gasteiger partial charge < -0.3 is 20.3 Å². The zero-order chi connectivity index (χ0) is 42.8. The van der Waals surface area contributed by atoms with Gasteiger partial charge in [0.15, 0.2) is 5.11 Å². The van der Waals surface area contributed by atoms with Crippen LogP contribution in [-0.2, 0) is 31.8 Å². The van der Waals surface area contributed by atoms with E-state index in [0.717, 1.165) is 35.7 Å². The molecule has 0 bridgehead atoms. The number of rotatable bonds is 12. The second-order valence-corrected chi connectivity index (χ2v) is 15.9. The molecule has 6 rings (SSSR count). The third kappa shape index (κ3) is 9.35. The van der Waals surface area contributed by atoms with Crippen molar-refractivity contribution in [2.75, 3.05) is 53.2 Å². The van der Waals surface area contributed by atoms with Crippen LogP contribution in [0.3, 0.4) is 0 Å². The van der Waals surface area contributed by atoms with Crippen LogP contribution in [-0.4, -0.2) is 95.0 Å². The molecule has 0 unspecified atom stereocenters. The number of halogens is 3. The molecule has 13 nitrogen and oxygen atoms in total. The number of carbonyl (C=O) groups is 4. The van der Waals surface area contributed by atoms with Crippen LogP contribution in [0.25, 0.3) is 0 Å². The van der Waals surface area contributed by atoms with Gasteiger partial charge in [-0.2, -0.15) is 18.4 Å². The lowest BCUT2D eigenvalue weighted by Gasteiger charge is -2.44. The Balaban J connectivity index is 1.03. The van der Waals surface area contributed by atoms with Crippen LogP contribution in [0.4, 0.5) is 35.9 Å². The molecule has 0 aliphatic carbocycles. The van der Waals surface area contributed by atoms with E-state index in [-0.39, 0.29) is 53.6 Å². The number of hydrogen-bond acceptors (Lipinski definition) is 10. The number of hydrogen-bond donors (Lipinski definition) is 3. The Labute approximate surface area is 346 Å². The van der Waals surface area contributed by atoms with Gasteiger partial charge in [0.25, 0.3) is 5.91 Å². The van der Waals surface area contributed by atoms with Gasteiger partial charge in [0.1, 0.15) is 23.9 Å². The molecular formula is C42H47F3N8O5S. The molecule has 3 fully saturated rings. The van der Waals surface area contributed by atoms with Crippen molar-refractivity contribution in [2.24, 2.45) is 0 Å². The Morgan fingerprint density at radius 2 is 1.71 bits per heavy atom. The SMILES string of the molecule is CCc1cc(N2C(=S)N(c3ccc(C#N)c(C(F)(F)F)c3)C(=O)C2(C)C)ccc1OCCN1C[C@@H](C)N(CC(=O)Nc2cccc(N[C@@H]3CCC(=O)NC3=O)c2)[C@@H](C)C1. The number of alkyl halides is 3. The molecule has 3 aromatic rings. The number of carbonyl (C=O) groups excluding carboxylic acids is 4. The number of piperazine rings is 1. The number of imide groups is 1. The maximum absolute atomic E-state index is 13.8. The lowest BCUT2D eigenvalue weighted by atomic mass is 10.0. The van der Waals surface area contributed by atoms with Crippen LogP contribution >= 0.6 is 12.2 Å². The number of ether oxygens (including phenoxy) is 1. The maximum atomic E-state index is 13.8. The zero-order valence-corrected chi connectivity index (χ0v) is 34.3. The first-order valence-corrected chi connectivity index (χ1v) is 19.9. The van der Waals surface area contributed by atoms with Crippen molar-refractivity contribution in [1.29, 1.82) is 5.26 Å². The summed E-state index contributed by atoms with van der Waals surface area (Å²) < 4.78 is 47.6. The number of piperidine rings is 1. The van der Waals surface area contributed by atoms with Crippen molar-refractivity contribution >= 4 is 63.7 Å². The summed E-state index contributed by atoms with van der Waals surface area (Å²) in [5.74, 6) is -0.654. The number of nitrogens with one attached hydrogen (secondary N) is 3. The number of aryl methyl sites for hydroxylation is 1. The Morgan fingerprint density at radius 3 is 2.37 bits per heavy atom. The molecule has 3 aliphatic rings. The largest absolute Gasteiger partial charge is 0.492 e. The predicted molar refractivity (Wildman–Crippen MR) is 221 cm³/mol. The van der Waals surface area contributed by atoms with Crippen LogP contribution in [0.15, 0.2) is 60.7 Å².